The second-order valence-corrected chi connectivity index (χ2v) is 10.7. The Morgan fingerprint density at radius 2 is 1.73 bits per heavy atom. The molecule has 0 saturated carbocycles. The zero-order valence-electron chi connectivity index (χ0n) is 23.0. The van der Waals surface area contributed by atoms with Crippen LogP contribution in [0.4, 0.5) is 0 Å². The highest BCUT2D eigenvalue weighted by Gasteiger charge is 2.35. The maximum atomic E-state index is 10.8. The number of piperazine rings is 1. The lowest BCUT2D eigenvalue weighted by Gasteiger charge is -2.47. The molecule has 0 aliphatic carbocycles. The lowest BCUT2D eigenvalue weighted by Crippen LogP contribution is -2.56. The molecule has 0 bridgehead atoms. The van der Waals surface area contributed by atoms with Gasteiger partial charge in [-0.1, -0.05) is 65.8 Å². The van der Waals surface area contributed by atoms with Gasteiger partial charge in [-0.05, 0) is 55.2 Å². The van der Waals surface area contributed by atoms with Gasteiger partial charge in [-0.15, -0.1) is 0 Å². The Morgan fingerprint density at radius 1 is 0.975 bits per heavy atom. The minimum Gasteiger partial charge on any atom is -0.508 e. The summed E-state index contributed by atoms with van der Waals surface area (Å²) in [6.45, 7) is 7.26. The van der Waals surface area contributed by atoms with Crippen molar-refractivity contribution in [2.24, 2.45) is 0 Å². The second kappa shape index (κ2) is 12.4. The molecule has 1 aromatic heterocycles. The zero-order chi connectivity index (χ0) is 28.1. The Labute approximate surface area is 234 Å². The normalized spacial score (nSPS) is 18.9. The number of aromatic nitrogens is 2. The Balaban J connectivity index is 1.41. The second-order valence-electron chi connectivity index (χ2n) is 10.7. The van der Waals surface area contributed by atoms with Crippen molar-refractivity contribution in [1.82, 2.24) is 19.9 Å². The number of carboxylic acids is 1. The molecule has 3 aromatic carbocycles. The molecule has 8 nitrogen and oxygen atoms in total. The fourth-order valence-electron chi connectivity index (χ4n) is 5.61. The molecular formula is C32H36N4O4. The molecule has 5 rings (SSSR count). The number of aromatic hydroxyl groups is 1. The van der Waals surface area contributed by atoms with Crippen LogP contribution in [-0.4, -0.2) is 61.3 Å². The van der Waals surface area contributed by atoms with Crippen molar-refractivity contribution in [3.63, 3.8) is 0 Å². The van der Waals surface area contributed by atoms with Crippen molar-refractivity contribution in [3.8, 4) is 17.1 Å². The number of aliphatic carboxylic acids is 1. The molecule has 2 N–H and O–H groups in total. The van der Waals surface area contributed by atoms with E-state index in [4.69, 9.17) is 9.63 Å². The maximum absolute atomic E-state index is 10.8. The first-order valence-corrected chi connectivity index (χ1v) is 13.8. The van der Waals surface area contributed by atoms with Crippen LogP contribution in [0.5, 0.6) is 5.75 Å². The van der Waals surface area contributed by atoms with Crippen molar-refractivity contribution in [2.75, 3.05) is 13.1 Å². The predicted molar refractivity (Wildman–Crippen MR) is 153 cm³/mol. The summed E-state index contributed by atoms with van der Waals surface area (Å²) in [5.41, 5.74) is 4.25. The summed E-state index contributed by atoms with van der Waals surface area (Å²) >= 11 is 0. The average molecular weight is 541 g/mol. The topological polar surface area (TPSA) is 103 Å². The van der Waals surface area contributed by atoms with E-state index in [0.29, 0.717) is 30.6 Å². The Kier molecular flexibility index (Phi) is 8.57. The molecule has 0 spiro atoms. The molecule has 4 aromatic rings. The SMILES string of the molecule is C[C@@H]1CN([C@@H](c2cccc(O)c2)c2cccc(-c3noc(CCCC(=O)O)n3)c2)[C@@H](C)CN1Cc1ccccc1. The number of carbonyl (C=O) groups is 1. The summed E-state index contributed by atoms with van der Waals surface area (Å²) in [7, 11) is 0. The van der Waals surface area contributed by atoms with E-state index in [2.05, 4.69) is 82.3 Å². The van der Waals surface area contributed by atoms with E-state index in [1.165, 1.54) is 5.56 Å². The third kappa shape index (κ3) is 6.58. The van der Waals surface area contributed by atoms with Gasteiger partial charge in [0.15, 0.2) is 0 Å². The Hall–Kier alpha value is -4.01. The smallest absolute Gasteiger partial charge is 0.303 e. The quantitative estimate of drug-likeness (QED) is 0.271. The molecule has 40 heavy (non-hydrogen) atoms. The van der Waals surface area contributed by atoms with Gasteiger partial charge in [0.25, 0.3) is 0 Å². The van der Waals surface area contributed by atoms with Gasteiger partial charge >= 0.3 is 5.97 Å². The predicted octanol–water partition coefficient (Wildman–Crippen LogP) is 5.53. The molecule has 2 heterocycles. The van der Waals surface area contributed by atoms with Crippen LogP contribution < -0.4 is 0 Å². The van der Waals surface area contributed by atoms with Gasteiger partial charge in [0.05, 0.1) is 6.04 Å². The number of benzene rings is 3. The Bertz CT molecular complexity index is 1420. The molecule has 1 fully saturated rings. The maximum Gasteiger partial charge on any atom is 0.303 e. The summed E-state index contributed by atoms with van der Waals surface area (Å²) in [5.74, 6) is 0.320. The van der Waals surface area contributed by atoms with Gasteiger partial charge in [0.1, 0.15) is 5.75 Å². The highest BCUT2D eigenvalue weighted by molar-refractivity contribution is 5.66. The number of rotatable bonds is 10. The van der Waals surface area contributed by atoms with Crippen LogP contribution in [0.15, 0.2) is 83.4 Å². The van der Waals surface area contributed by atoms with E-state index < -0.39 is 5.97 Å². The molecule has 0 amide bonds. The monoisotopic (exact) mass is 540 g/mol. The third-order valence-electron chi connectivity index (χ3n) is 7.62. The molecule has 3 atom stereocenters. The van der Waals surface area contributed by atoms with Crippen LogP contribution >= 0.6 is 0 Å². The summed E-state index contributed by atoms with van der Waals surface area (Å²) in [4.78, 5) is 20.4. The van der Waals surface area contributed by atoms with Crippen molar-refractivity contribution >= 4 is 5.97 Å². The largest absolute Gasteiger partial charge is 0.508 e. The zero-order valence-corrected chi connectivity index (χ0v) is 23.0. The summed E-state index contributed by atoms with van der Waals surface area (Å²) in [6, 6.07) is 26.8. The molecule has 0 radical (unpaired) electrons. The van der Waals surface area contributed by atoms with Crippen molar-refractivity contribution < 1.29 is 19.5 Å². The standard InChI is InChI=1S/C32H36N4O4/c1-22-20-36(23(2)19-35(22)21-24-9-4-3-5-10-24)31(26-12-7-14-28(37)18-26)25-11-6-13-27(17-25)32-33-29(40-34-32)15-8-16-30(38)39/h3-7,9-14,17-18,22-23,31,37H,8,15-16,19-21H2,1-2H3,(H,38,39)/t22-,23+,31-/m1/s1. The van der Waals surface area contributed by atoms with Crippen LogP contribution in [0.3, 0.4) is 0 Å². The van der Waals surface area contributed by atoms with Crippen LogP contribution in [-0.2, 0) is 17.8 Å². The number of hydrogen-bond donors (Lipinski definition) is 2. The molecule has 8 heteroatoms. The van der Waals surface area contributed by atoms with Crippen LogP contribution in [0.1, 0.15) is 55.3 Å². The number of nitrogens with zero attached hydrogens (tertiary/aromatic N) is 4. The van der Waals surface area contributed by atoms with Crippen molar-refractivity contribution in [1.29, 1.82) is 0 Å². The summed E-state index contributed by atoms with van der Waals surface area (Å²) in [6.07, 6.45) is 0.935. The molecule has 1 aliphatic rings. The van der Waals surface area contributed by atoms with Crippen molar-refractivity contribution in [3.05, 3.63) is 101 Å². The van der Waals surface area contributed by atoms with E-state index >= 15 is 0 Å². The first-order valence-electron chi connectivity index (χ1n) is 13.8. The number of phenolic OH excluding ortho intramolecular Hbond substituents is 1. The van der Waals surface area contributed by atoms with Gasteiger partial charge in [0.2, 0.25) is 11.7 Å². The Morgan fingerprint density at radius 3 is 2.48 bits per heavy atom. The molecule has 1 saturated heterocycles. The highest BCUT2D eigenvalue weighted by Crippen LogP contribution is 2.36. The van der Waals surface area contributed by atoms with E-state index in [0.717, 1.165) is 36.3 Å². The number of carboxylic acid groups (broad SMARTS) is 1. The minimum absolute atomic E-state index is 0.0635. The van der Waals surface area contributed by atoms with Crippen molar-refractivity contribution in [2.45, 2.75) is 57.8 Å². The van der Waals surface area contributed by atoms with E-state index in [1.807, 2.05) is 24.3 Å². The van der Waals surface area contributed by atoms with Gasteiger partial charge in [0, 0.05) is 50.1 Å². The third-order valence-corrected chi connectivity index (χ3v) is 7.62. The first kappa shape index (κ1) is 27.6. The molecule has 208 valence electrons. The van der Waals surface area contributed by atoms with Crippen LogP contribution in [0.2, 0.25) is 0 Å². The first-order chi connectivity index (χ1) is 19.4. The van der Waals surface area contributed by atoms with E-state index in [-0.39, 0.29) is 24.3 Å². The van der Waals surface area contributed by atoms with Gasteiger partial charge in [-0.2, -0.15) is 4.98 Å². The fraction of sp³-hybridized carbons (Fsp3) is 0.344. The molecule has 1 aliphatic heterocycles. The number of phenols is 1. The van der Waals surface area contributed by atoms with Gasteiger partial charge in [-0.3, -0.25) is 14.6 Å². The lowest BCUT2D eigenvalue weighted by molar-refractivity contribution is -0.137. The van der Waals surface area contributed by atoms with Gasteiger partial charge in [-0.25, -0.2) is 0 Å². The molecular weight excluding hydrogens is 504 g/mol. The van der Waals surface area contributed by atoms with E-state index in [9.17, 15) is 9.90 Å². The van der Waals surface area contributed by atoms with Crippen LogP contribution in [0, 0.1) is 0 Å². The molecule has 0 unspecified atom stereocenters. The number of hydrogen-bond acceptors (Lipinski definition) is 7. The summed E-state index contributed by atoms with van der Waals surface area (Å²) < 4.78 is 5.41. The highest BCUT2D eigenvalue weighted by atomic mass is 16.5. The average Bonchev–Trinajstić information content (AvgIpc) is 3.41. The van der Waals surface area contributed by atoms with Crippen LogP contribution in [0.25, 0.3) is 11.4 Å². The lowest BCUT2D eigenvalue weighted by atomic mass is 9.92. The van der Waals surface area contributed by atoms with E-state index in [1.54, 1.807) is 6.07 Å². The minimum atomic E-state index is -0.838. The van der Waals surface area contributed by atoms with Gasteiger partial charge < -0.3 is 14.7 Å². The summed E-state index contributed by atoms with van der Waals surface area (Å²) in [5, 5.41) is 23.4. The number of aryl methyl sites for hydroxylation is 1. The fourth-order valence-corrected chi connectivity index (χ4v) is 5.61.